The van der Waals surface area contributed by atoms with Crippen molar-refractivity contribution in [2.24, 2.45) is 0 Å². The van der Waals surface area contributed by atoms with E-state index in [-0.39, 0.29) is 36.3 Å². The number of ether oxygens (including phenoxy) is 2. The molecule has 1 aliphatic carbocycles. The van der Waals surface area contributed by atoms with Crippen LogP contribution in [0.25, 0.3) is 0 Å². The number of unbranched alkanes of at least 4 members (excludes halogenated alkanes) is 4. The van der Waals surface area contributed by atoms with Gasteiger partial charge in [0.2, 0.25) is 0 Å². The number of nitrogens with zero attached hydrogens (tertiary/aromatic N) is 1. The van der Waals surface area contributed by atoms with E-state index >= 15 is 0 Å². The van der Waals surface area contributed by atoms with Gasteiger partial charge in [0.15, 0.2) is 23.0 Å². The van der Waals surface area contributed by atoms with Gasteiger partial charge >= 0.3 is 0 Å². The van der Waals surface area contributed by atoms with E-state index in [1.165, 1.54) is 44.1 Å². The van der Waals surface area contributed by atoms with E-state index < -0.39 is 0 Å². The Labute approximate surface area is 235 Å². The van der Waals surface area contributed by atoms with Gasteiger partial charge in [-0.1, -0.05) is 44.4 Å². The van der Waals surface area contributed by atoms with E-state index in [1.54, 1.807) is 13.2 Å². The Balaban J connectivity index is 0.00000342. The van der Waals surface area contributed by atoms with Gasteiger partial charge in [0.1, 0.15) is 6.61 Å². The third-order valence-corrected chi connectivity index (χ3v) is 7.01. The zero-order chi connectivity index (χ0) is 24.9. The Morgan fingerprint density at radius 2 is 1.65 bits per heavy atom. The molecular weight excluding hydrogens is 511 g/mol. The predicted molar refractivity (Wildman–Crippen MR) is 156 cm³/mol. The van der Waals surface area contributed by atoms with Gasteiger partial charge in [0, 0.05) is 18.2 Å². The molecule has 0 amide bonds. The van der Waals surface area contributed by atoms with E-state index in [2.05, 4.69) is 17.1 Å². The molecule has 1 atom stereocenters. The maximum Gasteiger partial charge on any atom is 0.161 e. The fourth-order valence-electron chi connectivity index (χ4n) is 4.97. The minimum absolute atomic E-state index is 0. The van der Waals surface area contributed by atoms with Crippen molar-refractivity contribution in [3.63, 3.8) is 0 Å². The van der Waals surface area contributed by atoms with Gasteiger partial charge in [-0.15, -0.1) is 24.8 Å². The van der Waals surface area contributed by atoms with Crippen LogP contribution in [0.4, 0.5) is 0 Å². The Morgan fingerprint density at radius 1 is 0.919 bits per heavy atom. The van der Waals surface area contributed by atoms with Crippen LogP contribution in [-0.2, 0) is 12.8 Å². The molecule has 37 heavy (non-hydrogen) atoms. The molecule has 2 aromatic carbocycles. The summed E-state index contributed by atoms with van der Waals surface area (Å²) in [5.74, 6) is 1.65. The van der Waals surface area contributed by atoms with Crippen molar-refractivity contribution < 1.29 is 19.7 Å². The average molecular weight is 558 g/mol. The van der Waals surface area contributed by atoms with Gasteiger partial charge in [-0.2, -0.15) is 0 Å². The smallest absolute Gasteiger partial charge is 0.161 e. The van der Waals surface area contributed by atoms with Crippen molar-refractivity contribution in [1.82, 2.24) is 10.2 Å². The summed E-state index contributed by atoms with van der Waals surface area (Å²) in [6, 6.07) is 11.9. The van der Waals surface area contributed by atoms with Crippen LogP contribution in [0.15, 0.2) is 36.4 Å². The van der Waals surface area contributed by atoms with Crippen molar-refractivity contribution in [3.8, 4) is 23.0 Å². The molecule has 6 nitrogen and oxygen atoms in total. The first kappa shape index (κ1) is 33.2. The van der Waals surface area contributed by atoms with Crippen molar-refractivity contribution in [3.05, 3.63) is 47.5 Å². The topological polar surface area (TPSA) is 74.2 Å². The van der Waals surface area contributed by atoms with Crippen molar-refractivity contribution >= 4 is 24.8 Å². The number of hydrogen-bond donors (Lipinski definition) is 3. The minimum atomic E-state index is 0. The first-order chi connectivity index (χ1) is 17.1. The lowest BCUT2D eigenvalue weighted by atomic mass is 9.86. The van der Waals surface area contributed by atoms with Crippen LogP contribution in [0, 0.1) is 0 Å². The van der Waals surface area contributed by atoms with E-state index in [0.29, 0.717) is 12.6 Å². The molecule has 1 aliphatic rings. The highest BCUT2D eigenvalue weighted by Crippen LogP contribution is 2.36. The largest absolute Gasteiger partial charge is 0.504 e. The molecule has 2 aromatic rings. The van der Waals surface area contributed by atoms with E-state index in [9.17, 15) is 10.2 Å². The van der Waals surface area contributed by atoms with Gasteiger partial charge in [-0.05, 0) is 81.9 Å². The summed E-state index contributed by atoms with van der Waals surface area (Å²) in [6.07, 6.45) is 10.2. The Kier molecular flexibility index (Phi) is 16.5. The molecule has 1 unspecified atom stereocenters. The van der Waals surface area contributed by atoms with Crippen LogP contribution in [-0.4, -0.2) is 61.1 Å². The standard InChI is InChI=1S/C29H44N2O4.2ClH/c1-3-4-19-31(24-14-15-25-23(22-24)13-16-26(32)29(25)33)20-10-6-5-9-17-30-18-21-35-28-12-8-7-11-27(28)34-2;;/h7-8,11-13,16,24,30,32-33H,3-6,9-10,14-15,17-22H2,1-2H3;2*1H. The van der Waals surface area contributed by atoms with E-state index in [4.69, 9.17) is 9.47 Å². The normalized spacial score (nSPS) is 14.4. The summed E-state index contributed by atoms with van der Waals surface area (Å²) in [4.78, 5) is 2.67. The monoisotopic (exact) mass is 556 g/mol. The second-order valence-electron chi connectivity index (χ2n) is 9.52. The lowest BCUT2D eigenvalue weighted by molar-refractivity contribution is 0.172. The molecule has 0 aromatic heterocycles. The second-order valence-corrected chi connectivity index (χ2v) is 9.52. The lowest BCUT2D eigenvalue weighted by Crippen LogP contribution is -2.40. The van der Waals surface area contributed by atoms with Gasteiger partial charge in [0.05, 0.1) is 7.11 Å². The van der Waals surface area contributed by atoms with E-state index in [1.807, 2.05) is 30.3 Å². The minimum Gasteiger partial charge on any atom is -0.504 e. The van der Waals surface area contributed by atoms with Crippen LogP contribution < -0.4 is 14.8 Å². The first-order valence-corrected chi connectivity index (χ1v) is 13.4. The summed E-state index contributed by atoms with van der Waals surface area (Å²) < 4.78 is 11.1. The molecule has 0 spiro atoms. The van der Waals surface area contributed by atoms with Crippen LogP contribution >= 0.6 is 24.8 Å². The highest BCUT2D eigenvalue weighted by atomic mass is 35.5. The predicted octanol–water partition coefficient (Wildman–Crippen LogP) is 6.14. The fourth-order valence-corrected chi connectivity index (χ4v) is 4.97. The summed E-state index contributed by atoms with van der Waals surface area (Å²) in [5.41, 5.74) is 2.14. The van der Waals surface area contributed by atoms with Crippen LogP contribution in [0.3, 0.4) is 0 Å². The molecule has 0 saturated heterocycles. The number of hydrogen-bond acceptors (Lipinski definition) is 6. The number of benzene rings is 2. The SMILES string of the molecule is CCCCN(CCCCCCNCCOc1ccccc1OC)C1CCc2c(ccc(O)c2O)C1.Cl.Cl. The van der Waals surface area contributed by atoms with Crippen LogP contribution in [0.2, 0.25) is 0 Å². The number of fused-ring (bicyclic) bond motifs is 1. The molecule has 0 heterocycles. The molecule has 0 radical (unpaired) electrons. The van der Waals surface area contributed by atoms with Gasteiger partial charge in [-0.25, -0.2) is 0 Å². The molecule has 0 bridgehead atoms. The van der Waals surface area contributed by atoms with Crippen molar-refractivity contribution in [2.45, 2.75) is 70.8 Å². The maximum atomic E-state index is 10.2. The highest BCUT2D eigenvalue weighted by molar-refractivity contribution is 5.85. The highest BCUT2D eigenvalue weighted by Gasteiger charge is 2.26. The average Bonchev–Trinajstić information content (AvgIpc) is 2.89. The number of nitrogens with one attached hydrogen (secondary N) is 1. The van der Waals surface area contributed by atoms with E-state index in [0.717, 1.165) is 62.5 Å². The fraction of sp³-hybridized carbons (Fsp3) is 0.586. The molecular formula is C29H46Cl2N2O4. The number of halogens is 2. The molecule has 0 fully saturated rings. The summed E-state index contributed by atoms with van der Waals surface area (Å²) >= 11 is 0. The lowest BCUT2D eigenvalue weighted by Gasteiger charge is -2.35. The molecule has 0 saturated carbocycles. The zero-order valence-electron chi connectivity index (χ0n) is 22.4. The number of phenols is 2. The third-order valence-electron chi connectivity index (χ3n) is 7.01. The Hall–Kier alpha value is -1.86. The van der Waals surface area contributed by atoms with Crippen molar-refractivity contribution in [2.75, 3.05) is 39.9 Å². The number of para-hydroxylation sites is 2. The summed E-state index contributed by atoms with van der Waals surface area (Å²) in [7, 11) is 1.66. The number of methoxy groups -OCH3 is 1. The van der Waals surface area contributed by atoms with Crippen LogP contribution in [0.1, 0.15) is 63.0 Å². The molecule has 210 valence electrons. The first-order valence-electron chi connectivity index (χ1n) is 13.4. The molecule has 3 rings (SSSR count). The van der Waals surface area contributed by atoms with Gasteiger partial charge in [-0.3, -0.25) is 0 Å². The molecule has 8 heteroatoms. The zero-order valence-corrected chi connectivity index (χ0v) is 24.0. The van der Waals surface area contributed by atoms with Crippen LogP contribution in [0.5, 0.6) is 23.0 Å². The number of aromatic hydroxyl groups is 2. The summed E-state index contributed by atoms with van der Waals surface area (Å²) in [5, 5.41) is 23.5. The molecule has 3 N–H and O–H groups in total. The Bertz CT molecular complexity index is 900. The second kappa shape index (κ2) is 18.4. The molecule has 0 aliphatic heterocycles. The number of rotatable bonds is 16. The van der Waals surface area contributed by atoms with Gasteiger partial charge in [0.25, 0.3) is 0 Å². The van der Waals surface area contributed by atoms with Gasteiger partial charge < -0.3 is 29.9 Å². The third kappa shape index (κ3) is 10.4. The Morgan fingerprint density at radius 3 is 2.41 bits per heavy atom. The quantitative estimate of drug-likeness (QED) is 0.170. The van der Waals surface area contributed by atoms with Crippen molar-refractivity contribution in [1.29, 1.82) is 0 Å². The summed E-state index contributed by atoms with van der Waals surface area (Å²) in [6.45, 7) is 7.03. The number of phenolic OH excluding ortho intramolecular Hbond substituents is 2. The maximum absolute atomic E-state index is 10.2.